The molecule has 116 valence electrons. The van der Waals surface area contributed by atoms with Crippen LogP contribution in [-0.4, -0.2) is 65.1 Å². The van der Waals surface area contributed by atoms with Gasteiger partial charge in [0, 0.05) is 42.2 Å². The van der Waals surface area contributed by atoms with Crippen LogP contribution in [0.15, 0.2) is 0 Å². The molecule has 3 heterocycles. The highest BCUT2D eigenvalue weighted by molar-refractivity contribution is 8.00. The van der Waals surface area contributed by atoms with Crippen molar-refractivity contribution in [1.82, 2.24) is 9.80 Å². The first-order valence-electron chi connectivity index (χ1n) is 8.54. The Morgan fingerprint density at radius 2 is 1.80 bits per heavy atom. The molecule has 2 N–H and O–H groups in total. The zero-order chi connectivity index (χ0) is 14.0. The second kappa shape index (κ2) is 6.55. The molecule has 3 fully saturated rings. The van der Waals surface area contributed by atoms with E-state index in [1.165, 1.54) is 70.5 Å². The van der Waals surface area contributed by atoms with Crippen LogP contribution in [0, 0.1) is 0 Å². The molecule has 2 atom stereocenters. The van der Waals surface area contributed by atoms with Crippen molar-refractivity contribution < 1.29 is 0 Å². The van der Waals surface area contributed by atoms with Gasteiger partial charge in [0.25, 0.3) is 0 Å². The van der Waals surface area contributed by atoms with E-state index in [1.54, 1.807) is 0 Å². The molecule has 3 nitrogen and oxygen atoms in total. The summed E-state index contributed by atoms with van der Waals surface area (Å²) in [5.41, 5.74) is 6.49. The standard InChI is InChI=1S/C16H31N3S/c1-14-11-16(12-17,13-20-14)19-9-5-15(6-10-19)18-7-3-2-4-8-18/h14-15H,2-13,17H2,1H3. The second-order valence-electron chi connectivity index (χ2n) is 7.07. The Kier molecular flexibility index (Phi) is 4.96. The minimum absolute atomic E-state index is 0.316. The quantitative estimate of drug-likeness (QED) is 0.865. The lowest BCUT2D eigenvalue weighted by Crippen LogP contribution is -2.58. The van der Waals surface area contributed by atoms with Crippen LogP contribution in [0.25, 0.3) is 0 Å². The van der Waals surface area contributed by atoms with Crippen LogP contribution in [0.4, 0.5) is 0 Å². The van der Waals surface area contributed by atoms with Crippen molar-refractivity contribution >= 4 is 11.8 Å². The van der Waals surface area contributed by atoms with Gasteiger partial charge in [0.1, 0.15) is 0 Å². The number of rotatable bonds is 3. The molecule has 0 spiro atoms. The molecule has 0 amide bonds. The van der Waals surface area contributed by atoms with E-state index < -0.39 is 0 Å². The molecular formula is C16H31N3S. The molecule has 3 rings (SSSR count). The van der Waals surface area contributed by atoms with Crippen LogP contribution in [0.1, 0.15) is 45.4 Å². The van der Waals surface area contributed by atoms with E-state index in [4.69, 9.17) is 5.73 Å². The molecular weight excluding hydrogens is 266 g/mol. The molecule has 0 aromatic rings. The fourth-order valence-electron chi connectivity index (χ4n) is 4.43. The molecule has 3 aliphatic rings. The van der Waals surface area contributed by atoms with Crippen LogP contribution < -0.4 is 5.73 Å². The summed E-state index contributed by atoms with van der Waals surface area (Å²) in [6.07, 6.45) is 8.30. The number of nitrogens with zero attached hydrogens (tertiary/aromatic N) is 2. The minimum Gasteiger partial charge on any atom is -0.329 e. The Morgan fingerprint density at radius 3 is 2.35 bits per heavy atom. The maximum atomic E-state index is 6.17. The van der Waals surface area contributed by atoms with Crippen molar-refractivity contribution in [2.75, 3.05) is 38.5 Å². The second-order valence-corrected chi connectivity index (χ2v) is 8.50. The highest BCUT2D eigenvalue weighted by Crippen LogP contribution is 2.39. The summed E-state index contributed by atoms with van der Waals surface area (Å²) in [5, 5.41) is 0.790. The van der Waals surface area contributed by atoms with Gasteiger partial charge >= 0.3 is 0 Å². The van der Waals surface area contributed by atoms with Crippen molar-refractivity contribution in [1.29, 1.82) is 0 Å². The Balaban J connectivity index is 1.55. The van der Waals surface area contributed by atoms with E-state index >= 15 is 0 Å². The molecule has 0 saturated carbocycles. The van der Waals surface area contributed by atoms with Crippen molar-refractivity contribution in [3.63, 3.8) is 0 Å². The molecule has 3 aliphatic heterocycles. The largest absolute Gasteiger partial charge is 0.329 e. The van der Waals surface area contributed by atoms with E-state index in [0.717, 1.165) is 17.8 Å². The number of likely N-dealkylation sites (tertiary alicyclic amines) is 2. The first-order valence-corrected chi connectivity index (χ1v) is 9.59. The van der Waals surface area contributed by atoms with Crippen molar-refractivity contribution in [2.45, 2.75) is 62.3 Å². The molecule has 0 bridgehead atoms. The van der Waals surface area contributed by atoms with Gasteiger partial charge < -0.3 is 10.6 Å². The summed E-state index contributed by atoms with van der Waals surface area (Å²) < 4.78 is 0. The Morgan fingerprint density at radius 1 is 1.10 bits per heavy atom. The normalized spacial score (nSPS) is 38.4. The number of hydrogen-bond donors (Lipinski definition) is 1. The Bertz CT molecular complexity index is 311. The van der Waals surface area contributed by atoms with Gasteiger partial charge in [-0.3, -0.25) is 4.90 Å². The lowest BCUT2D eigenvalue weighted by molar-refractivity contribution is 0.0384. The third-order valence-electron chi connectivity index (χ3n) is 5.73. The number of hydrogen-bond acceptors (Lipinski definition) is 4. The first-order chi connectivity index (χ1) is 9.73. The molecule has 0 aliphatic carbocycles. The summed E-state index contributed by atoms with van der Waals surface area (Å²) in [6, 6.07) is 0.854. The SMILES string of the molecule is CC1CC(CN)(N2CCC(N3CCCCC3)CC2)CS1. The predicted octanol–water partition coefficient (Wildman–Crippen LogP) is 2.16. The fourth-order valence-corrected chi connectivity index (χ4v) is 5.87. The maximum Gasteiger partial charge on any atom is 0.0432 e. The summed E-state index contributed by atoms with van der Waals surface area (Å²) >= 11 is 2.12. The van der Waals surface area contributed by atoms with E-state index in [-0.39, 0.29) is 0 Å². The van der Waals surface area contributed by atoms with E-state index in [2.05, 4.69) is 28.5 Å². The van der Waals surface area contributed by atoms with Gasteiger partial charge in [0.2, 0.25) is 0 Å². The molecule has 3 saturated heterocycles. The van der Waals surface area contributed by atoms with Crippen LogP contribution in [0.2, 0.25) is 0 Å². The summed E-state index contributed by atoms with van der Waals surface area (Å²) in [7, 11) is 0. The lowest BCUT2D eigenvalue weighted by Gasteiger charge is -2.47. The van der Waals surface area contributed by atoms with Crippen LogP contribution in [-0.2, 0) is 0 Å². The minimum atomic E-state index is 0.316. The smallest absolute Gasteiger partial charge is 0.0432 e. The summed E-state index contributed by atoms with van der Waals surface area (Å²) in [6.45, 7) is 8.44. The fraction of sp³-hybridized carbons (Fsp3) is 1.00. The average molecular weight is 298 g/mol. The Labute approximate surface area is 128 Å². The van der Waals surface area contributed by atoms with Crippen LogP contribution >= 0.6 is 11.8 Å². The van der Waals surface area contributed by atoms with Gasteiger partial charge in [-0.15, -0.1) is 0 Å². The topological polar surface area (TPSA) is 32.5 Å². The molecule has 0 radical (unpaired) electrons. The number of thioether (sulfide) groups is 1. The van der Waals surface area contributed by atoms with Crippen molar-refractivity contribution in [2.24, 2.45) is 5.73 Å². The van der Waals surface area contributed by atoms with E-state index in [1.807, 2.05) is 0 Å². The molecule has 0 aromatic heterocycles. The predicted molar refractivity (Wildman–Crippen MR) is 88.3 cm³/mol. The number of piperidine rings is 2. The zero-order valence-corrected chi connectivity index (χ0v) is 13.8. The van der Waals surface area contributed by atoms with Crippen molar-refractivity contribution in [3.05, 3.63) is 0 Å². The first kappa shape index (κ1) is 15.1. The van der Waals surface area contributed by atoms with E-state index in [0.29, 0.717) is 5.54 Å². The van der Waals surface area contributed by atoms with Crippen molar-refractivity contribution in [3.8, 4) is 0 Å². The van der Waals surface area contributed by atoms with E-state index in [9.17, 15) is 0 Å². The highest BCUT2D eigenvalue weighted by atomic mass is 32.2. The van der Waals surface area contributed by atoms with Gasteiger partial charge in [-0.2, -0.15) is 11.8 Å². The number of nitrogens with two attached hydrogens (primary N) is 1. The third-order valence-corrected chi connectivity index (χ3v) is 7.17. The molecule has 4 heteroatoms. The van der Waals surface area contributed by atoms with Gasteiger partial charge in [0.05, 0.1) is 0 Å². The lowest BCUT2D eigenvalue weighted by atomic mass is 9.90. The third kappa shape index (κ3) is 3.03. The van der Waals surface area contributed by atoms with Gasteiger partial charge in [-0.05, 0) is 45.2 Å². The van der Waals surface area contributed by atoms with Gasteiger partial charge in [-0.25, -0.2) is 0 Å². The highest BCUT2D eigenvalue weighted by Gasteiger charge is 2.43. The Hall–Kier alpha value is 0.230. The van der Waals surface area contributed by atoms with Crippen LogP contribution in [0.3, 0.4) is 0 Å². The maximum absolute atomic E-state index is 6.17. The molecule has 2 unspecified atom stereocenters. The average Bonchev–Trinajstić information content (AvgIpc) is 2.91. The zero-order valence-electron chi connectivity index (χ0n) is 13.0. The monoisotopic (exact) mass is 297 g/mol. The summed E-state index contributed by atoms with van der Waals surface area (Å²) in [5.74, 6) is 1.25. The summed E-state index contributed by atoms with van der Waals surface area (Å²) in [4.78, 5) is 5.51. The molecule has 20 heavy (non-hydrogen) atoms. The molecule has 0 aromatic carbocycles. The van der Waals surface area contributed by atoms with Gasteiger partial charge in [0.15, 0.2) is 0 Å². The van der Waals surface area contributed by atoms with Crippen LogP contribution in [0.5, 0.6) is 0 Å². The van der Waals surface area contributed by atoms with Gasteiger partial charge in [-0.1, -0.05) is 13.3 Å².